The molecule has 0 bridgehead atoms. The molecular formula is C29H61N3O4. The number of amides is 2. The zero-order valence-electron chi connectivity index (χ0n) is 24.5. The summed E-state index contributed by atoms with van der Waals surface area (Å²) in [6, 6.07) is 0. The van der Waals surface area contributed by atoms with Crippen molar-refractivity contribution in [3.8, 4) is 0 Å². The third-order valence-corrected chi connectivity index (χ3v) is 5.42. The van der Waals surface area contributed by atoms with Gasteiger partial charge in [-0.25, -0.2) is 0 Å². The molecule has 7 nitrogen and oxygen atoms in total. The molecule has 4 N–H and O–H groups in total. The van der Waals surface area contributed by atoms with Crippen LogP contribution >= 0.6 is 0 Å². The van der Waals surface area contributed by atoms with Crippen LogP contribution < -0.4 is 16.0 Å². The van der Waals surface area contributed by atoms with Crippen molar-refractivity contribution in [2.45, 2.75) is 144 Å². The SMILES string of the molecule is CC(=O)O.CCCCCCCCCCCCNC(=O)CCC(=O)NCCC.CCCCNCCCC. The number of hydrogen-bond donors (Lipinski definition) is 4. The number of aliphatic carboxylic acids is 1. The molecule has 7 heteroatoms. The molecule has 0 rings (SSSR count). The van der Waals surface area contributed by atoms with Crippen LogP contribution in [0.1, 0.15) is 144 Å². The fourth-order valence-electron chi connectivity index (χ4n) is 3.24. The standard InChI is InChI=1S/C19H38N2O2.C8H19N.C2H4O2/c1-3-5-6-7-8-9-10-11-12-13-17-21-19(23)15-14-18(22)20-16-4-2;1-3-5-7-9-8-6-4-2;1-2(3)4/h3-17H2,1-2H3,(H,20,22)(H,21,23);9H,3-8H2,1-2H3;1H3,(H,3,4). The first kappa shape index (κ1) is 38.9. The molecule has 0 unspecified atom stereocenters. The Hall–Kier alpha value is -1.63. The van der Waals surface area contributed by atoms with E-state index in [0.29, 0.717) is 19.4 Å². The van der Waals surface area contributed by atoms with Gasteiger partial charge in [0.25, 0.3) is 5.97 Å². The third kappa shape index (κ3) is 45.8. The van der Waals surface area contributed by atoms with Crippen molar-refractivity contribution < 1.29 is 19.5 Å². The lowest BCUT2D eigenvalue weighted by Crippen LogP contribution is -2.28. The second-order valence-corrected chi connectivity index (χ2v) is 9.36. The molecule has 0 aromatic carbocycles. The molecule has 0 aromatic heterocycles. The summed E-state index contributed by atoms with van der Waals surface area (Å²) in [5.41, 5.74) is 0. The molecule has 0 spiro atoms. The van der Waals surface area contributed by atoms with Gasteiger partial charge < -0.3 is 21.1 Å². The highest BCUT2D eigenvalue weighted by atomic mass is 16.4. The van der Waals surface area contributed by atoms with Crippen molar-refractivity contribution in [3.63, 3.8) is 0 Å². The maximum absolute atomic E-state index is 11.6. The molecule has 0 radical (unpaired) electrons. The van der Waals surface area contributed by atoms with E-state index in [1.54, 1.807) is 0 Å². The van der Waals surface area contributed by atoms with E-state index in [4.69, 9.17) is 9.90 Å². The van der Waals surface area contributed by atoms with Gasteiger partial charge in [0, 0.05) is 32.9 Å². The highest BCUT2D eigenvalue weighted by Gasteiger charge is 2.05. The van der Waals surface area contributed by atoms with Gasteiger partial charge in [0.05, 0.1) is 0 Å². The molecule has 0 aliphatic carbocycles. The van der Waals surface area contributed by atoms with Crippen molar-refractivity contribution in [1.29, 1.82) is 0 Å². The molecule has 0 saturated carbocycles. The second-order valence-electron chi connectivity index (χ2n) is 9.36. The minimum atomic E-state index is -0.833. The maximum Gasteiger partial charge on any atom is 0.300 e. The lowest BCUT2D eigenvalue weighted by Gasteiger charge is -2.06. The molecular weight excluding hydrogens is 454 g/mol. The summed E-state index contributed by atoms with van der Waals surface area (Å²) in [4.78, 5) is 32.0. The average Bonchev–Trinajstić information content (AvgIpc) is 2.84. The average molecular weight is 516 g/mol. The lowest BCUT2D eigenvalue weighted by molar-refractivity contribution is -0.134. The molecule has 0 heterocycles. The number of nitrogens with one attached hydrogen (secondary N) is 3. The fraction of sp³-hybridized carbons (Fsp3) is 0.897. The van der Waals surface area contributed by atoms with Crippen molar-refractivity contribution in [3.05, 3.63) is 0 Å². The van der Waals surface area contributed by atoms with E-state index < -0.39 is 5.97 Å². The Morgan fingerprint density at radius 2 is 0.861 bits per heavy atom. The highest BCUT2D eigenvalue weighted by molar-refractivity contribution is 5.83. The monoisotopic (exact) mass is 515 g/mol. The number of unbranched alkanes of at least 4 members (excludes halogenated alkanes) is 11. The van der Waals surface area contributed by atoms with Gasteiger partial charge in [0.1, 0.15) is 0 Å². The predicted molar refractivity (Wildman–Crippen MR) is 153 cm³/mol. The van der Waals surface area contributed by atoms with Crippen LogP contribution in [0.3, 0.4) is 0 Å². The summed E-state index contributed by atoms with van der Waals surface area (Å²) >= 11 is 0. The normalized spacial score (nSPS) is 9.92. The summed E-state index contributed by atoms with van der Waals surface area (Å²) in [5, 5.41) is 16.5. The van der Waals surface area contributed by atoms with Crippen LogP contribution in [0.25, 0.3) is 0 Å². The van der Waals surface area contributed by atoms with Crippen LogP contribution in [0.2, 0.25) is 0 Å². The summed E-state index contributed by atoms with van der Waals surface area (Å²) < 4.78 is 0. The minimum absolute atomic E-state index is 0.00688. The number of carboxylic acid groups (broad SMARTS) is 1. The van der Waals surface area contributed by atoms with Crippen molar-refractivity contribution in [1.82, 2.24) is 16.0 Å². The van der Waals surface area contributed by atoms with Crippen LogP contribution in [0.15, 0.2) is 0 Å². The van der Waals surface area contributed by atoms with Crippen LogP contribution in [-0.4, -0.2) is 49.1 Å². The molecule has 0 aliphatic rings. The molecule has 0 saturated heterocycles. The molecule has 36 heavy (non-hydrogen) atoms. The van der Waals surface area contributed by atoms with Gasteiger partial charge in [-0.1, -0.05) is 98.3 Å². The fourth-order valence-corrected chi connectivity index (χ4v) is 3.24. The van der Waals surface area contributed by atoms with Gasteiger partial charge in [0.15, 0.2) is 0 Å². The van der Waals surface area contributed by atoms with Crippen LogP contribution in [0.5, 0.6) is 0 Å². The minimum Gasteiger partial charge on any atom is -0.481 e. The summed E-state index contributed by atoms with van der Waals surface area (Å²) in [5.74, 6) is -0.867. The molecule has 216 valence electrons. The lowest BCUT2D eigenvalue weighted by atomic mass is 10.1. The Balaban J connectivity index is -0.000000687. The van der Waals surface area contributed by atoms with Crippen molar-refractivity contribution in [2.75, 3.05) is 26.2 Å². The van der Waals surface area contributed by atoms with Crippen molar-refractivity contribution >= 4 is 17.8 Å². The number of carbonyl (C=O) groups excluding carboxylic acids is 2. The Labute approximate surface area is 223 Å². The van der Waals surface area contributed by atoms with E-state index in [2.05, 4.69) is 36.7 Å². The predicted octanol–water partition coefficient (Wildman–Crippen LogP) is 6.60. The second kappa shape index (κ2) is 35.5. The molecule has 0 atom stereocenters. The van der Waals surface area contributed by atoms with E-state index in [0.717, 1.165) is 26.3 Å². The zero-order valence-corrected chi connectivity index (χ0v) is 24.5. The molecule has 2 amide bonds. The zero-order chi connectivity index (χ0) is 27.7. The first-order chi connectivity index (χ1) is 17.3. The molecule has 0 aromatic rings. The number of rotatable bonds is 22. The van der Waals surface area contributed by atoms with Crippen LogP contribution in [0.4, 0.5) is 0 Å². The van der Waals surface area contributed by atoms with E-state index >= 15 is 0 Å². The largest absolute Gasteiger partial charge is 0.481 e. The number of carboxylic acids is 1. The first-order valence-electron chi connectivity index (χ1n) is 14.8. The smallest absolute Gasteiger partial charge is 0.300 e. The Kier molecular flexibility index (Phi) is 38.4. The first-order valence-corrected chi connectivity index (χ1v) is 14.8. The van der Waals surface area contributed by atoms with E-state index in [1.165, 1.54) is 96.6 Å². The van der Waals surface area contributed by atoms with Gasteiger partial charge in [-0.05, 0) is 38.8 Å². The van der Waals surface area contributed by atoms with Gasteiger partial charge in [0.2, 0.25) is 11.8 Å². The quantitative estimate of drug-likeness (QED) is 0.122. The molecule has 0 aliphatic heterocycles. The number of hydrogen-bond acceptors (Lipinski definition) is 4. The van der Waals surface area contributed by atoms with Crippen molar-refractivity contribution in [2.24, 2.45) is 0 Å². The van der Waals surface area contributed by atoms with E-state index in [1.807, 2.05) is 6.92 Å². The summed E-state index contributed by atoms with van der Waals surface area (Å²) in [6.45, 7) is 13.6. The summed E-state index contributed by atoms with van der Waals surface area (Å²) in [7, 11) is 0. The van der Waals surface area contributed by atoms with Gasteiger partial charge in [-0.3, -0.25) is 14.4 Å². The van der Waals surface area contributed by atoms with Gasteiger partial charge >= 0.3 is 0 Å². The Bertz CT molecular complexity index is 463. The number of carbonyl (C=O) groups is 3. The Morgan fingerprint density at radius 1 is 0.500 bits per heavy atom. The van der Waals surface area contributed by atoms with Gasteiger partial charge in [-0.2, -0.15) is 0 Å². The van der Waals surface area contributed by atoms with Crippen LogP contribution in [-0.2, 0) is 14.4 Å². The maximum atomic E-state index is 11.6. The van der Waals surface area contributed by atoms with Crippen LogP contribution in [0, 0.1) is 0 Å². The Morgan fingerprint density at radius 3 is 1.25 bits per heavy atom. The topological polar surface area (TPSA) is 108 Å². The van der Waals surface area contributed by atoms with E-state index in [9.17, 15) is 9.59 Å². The highest BCUT2D eigenvalue weighted by Crippen LogP contribution is 2.10. The summed E-state index contributed by atoms with van der Waals surface area (Å²) in [6.07, 6.45) is 19.8. The molecule has 0 fully saturated rings. The van der Waals surface area contributed by atoms with Gasteiger partial charge in [-0.15, -0.1) is 0 Å². The van der Waals surface area contributed by atoms with E-state index in [-0.39, 0.29) is 11.8 Å². The third-order valence-electron chi connectivity index (χ3n) is 5.42.